The minimum atomic E-state index is -4.39. The van der Waals surface area contributed by atoms with E-state index in [1.165, 1.54) is 12.1 Å². The average molecular weight is 305 g/mol. The highest BCUT2D eigenvalue weighted by Gasteiger charge is 2.30. The lowest BCUT2D eigenvalue weighted by molar-refractivity contribution is -0.137. The summed E-state index contributed by atoms with van der Waals surface area (Å²) in [5, 5.41) is 12.8. The predicted molar refractivity (Wildman–Crippen MR) is 74.9 cm³/mol. The average Bonchev–Trinajstić information content (AvgIpc) is 2.41. The van der Waals surface area contributed by atoms with Crippen molar-refractivity contribution in [1.82, 2.24) is 5.32 Å². The van der Waals surface area contributed by atoms with E-state index < -0.39 is 17.8 Å². The summed E-state index contributed by atoms with van der Waals surface area (Å²) >= 11 is 0. The van der Waals surface area contributed by atoms with Crippen LogP contribution in [0.1, 0.15) is 31.1 Å². The van der Waals surface area contributed by atoms with Gasteiger partial charge in [0.2, 0.25) is 0 Å². The molecule has 0 bridgehead atoms. The molecule has 21 heavy (non-hydrogen) atoms. The van der Waals surface area contributed by atoms with Crippen molar-refractivity contribution in [3.63, 3.8) is 0 Å². The highest BCUT2D eigenvalue weighted by molar-refractivity contribution is 5.27. The van der Waals surface area contributed by atoms with Gasteiger partial charge in [-0.1, -0.05) is 26.0 Å². The Morgan fingerprint density at radius 1 is 1.29 bits per heavy atom. The number of rotatable bonds is 8. The van der Waals surface area contributed by atoms with Crippen molar-refractivity contribution in [3.8, 4) is 0 Å². The van der Waals surface area contributed by atoms with E-state index in [4.69, 9.17) is 4.74 Å². The van der Waals surface area contributed by atoms with Crippen molar-refractivity contribution in [2.24, 2.45) is 5.92 Å². The molecule has 0 heterocycles. The van der Waals surface area contributed by atoms with Crippen LogP contribution in [-0.4, -0.2) is 31.4 Å². The van der Waals surface area contributed by atoms with E-state index in [-0.39, 0.29) is 12.1 Å². The van der Waals surface area contributed by atoms with Gasteiger partial charge in [0.1, 0.15) is 0 Å². The predicted octanol–water partition coefficient (Wildman–Crippen LogP) is 3.00. The van der Waals surface area contributed by atoms with Crippen LogP contribution in [0.5, 0.6) is 0 Å². The lowest BCUT2D eigenvalue weighted by Crippen LogP contribution is -2.26. The summed E-state index contributed by atoms with van der Waals surface area (Å²) in [5.41, 5.74) is -0.500. The second kappa shape index (κ2) is 8.36. The summed E-state index contributed by atoms with van der Waals surface area (Å²) in [6.45, 7) is 6.00. The minimum Gasteiger partial charge on any atom is -0.387 e. The summed E-state index contributed by atoms with van der Waals surface area (Å²) in [4.78, 5) is 0. The van der Waals surface area contributed by atoms with Gasteiger partial charge in [0.25, 0.3) is 0 Å². The Kier molecular flexibility index (Phi) is 7.14. The Morgan fingerprint density at radius 2 is 2.00 bits per heavy atom. The molecule has 0 saturated carbocycles. The summed E-state index contributed by atoms with van der Waals surface area (Å²) in [6.07, 6.45) is -5.37. The highest BCUT2D eigenvalue weighted by atomic mass is 19.4. The number of hydrogen-bond acceptors (Lipinski definition) is 3. The zero-order valence-corrected chi connectivity index (χ0v) is 12.3. The molecule has 0 radical (unpaired) electrons. The molecule has 3 nitrogen and oxygen atoms in total. The molecule has 0 aliphatic heterocycles. The number of halogens is 3. The number of aliphatic hydroxyl groups excluding tert-OH is 1. The molecule has 6 heteroatoms. The number of ether oxygens (including phenoxy) is 1. The van der Waals surface area contributed by atoms with Gasteiger partial charge in [-0.25, -0.2) is 0 Å². The molecule has 0 spiro atoms. The van der Waals surface area contributed by atoms with Crippen LogP contribution in [0.4, 0.5) is 13.2 Å². The monoisotopic (exact) mass is 305 g/mol. The summed E-state index contributed by atoms with van der Waals surface area (Å²) in [7, 11) is 0. The van der Waals surface area contributed by atoms with E-state index in [2.05, 4.69) is 5.32 Å². The van der Waals surface area contributed by atoms with Crippen LogP contribution in [0, 0.1) is 5.92 Å². The van der Waals surface area contributed by atoms with Gasteiger partial charge in [0, 0.05) is 19.7 Å². The first-order valence-electron chi connectivity index (χ1n) is 6.94. The van der Waals surface area contributed by atoms with Gasteiger partial charge in [-0.15, -0.1) is 0 Å². The molecule has 1 atom stereocenters. The van der Waals surface area contributed by atoms with Gasteiger partial charge in [-0.05, 0) is 23.6 Å². The smallest absolute Gasteiger partial charge is 0.387 e. The lowest BCUT2D eigenvalue weighted by Gasteiger charge is -2.14. The molecule has 2 N–H and O–H groups in total. The molecule has 1 aromatic carbocycles. The van der Waals surface area contributed by atoms with Crippen molar-refractivity contribution in [3.05, 3.63) is 35.4 Å². The summed E-state index contributed by atoms with van der Waals surface area (Å²) in [5.74, 6) is 0.459. The molecule has 0 aromatic heterocycles. The van der Waals surface area contributed by atoms with E-state index in [1.807, 2.05) is 13.8 Å². The fraction of sp³-hybridized carbons (Fsp3) is 0.600. The van der Waals surface area contributed by atoms with Crippen molar-refractivity contribution in [2.75, 3.05) is 26.3 Å². The molecule has 120 valence electrons. The molecular formula is C15H22F3NO2. The first-order chi connectivity index (χ1) is 9.80. The normalized spacial score (nSPS) is 13.7. The Morgan fingerprint density at radius 3 is 2.62 bits per heavy atom. The van der Waals surface area contributed by atoms with Gasteiger partial charge in [0.15, 0.2) is 0 Å². The van der Waals surface area contributed by atoms with Crippen molar-refractivity contribution < 1.29 is 23.0 Å². The summed E-state index contributed by atoms with van der Waals surface area (Å²) < 4.78 is 43.1. The quantitative estimate of drug-likeness (QED) is 0.726. The molecule has 0 fully saturated rings. The zero-order valence-electron chi connectivity index (χ0n) is 12.3. The van der Waals surface area contributed by atoms with Crippen LogP contribution in [0.15, 0.2) is 24.3 Å². The number of hydrogen-bond donors (Lipinski definition) is 2. The number of alkyl halides is 3. The fourth-order valence-electron chi connectivity index (χ4n) is 1.74. The van der Waals surface area contributed by atoms with Crippen LogP contribution >= 0.6 is 0 Å². The van der Waals surface area contributed by atoms with Crippen LogP contribution in [0.2, 0.25) is 0 Å². The first-order valence-corrected chi connectivity index (χ1v) is 6.94. The third-order valence-electron chi connectivity index (χ3n) is 2.81. The Hall–Kier alpha value is -1.11. The number of nitrogens with one attached hydrogen (secondary N) is 1. The largest absolute Gasteiger partial charge is 0.416 e. The van der Waals surface area contributed by atoms with Gasteiger partial charge in [-0.3, -0.25) is 0 Å². The molecule has 0 saturated heterocycles. The minimum absolute atomic E-state index is 0.187. The van der Waals surface area contributed by atoms with Crippen molar-refractivity contribution in [1.29, 1.82) is 0 Å². The maximum atomic E-state index is 12.6. The number of benzene rings is 1. The van der Waals surface area contributed by atoms with Gasteiger partial charge in [-0.2, -0.15) is 13.2 Å². The van der Waals surface area contributed by atoms with E-state index in [9.17, 15) is 18.3 Å². The van der Waals surface area contributed by atoms with Gasteiger partial charge in [0.05, 0.1) is 18.3 Å². The van der Waals surface area contributed by atoms with Gasteiger partial charge < -0.3 is 15.2 Å². The van der Waals surface area contributed by atoms with E-state index in [0.717, 1.165) is 12.1 Å². The van der Waals surface area contributed by atoms with Crippen molar-refractivity contribution >= 4 is 0 Å². The third kappa shape index (κ3) is 6.93. The topological polar surface area (TPSA) is 41.5 Å². The molecule has 0 aliphatic rings. The molecule has 1 rings (SSSR count). The van der Waals surface area contributed by atoms with Crippen molar-refractivity contribution in [2.45, 2.75) is 26.1 Å². The van der Waals surface area contributed by atoms with Crippen LogP contribution in [0.25, 0.3) is 0 Å². The molecule has 1 unspecified atom stereocenters. The van der Waals surface area contributed by atoms with Crippen LogP contribution in [0.3, 0.4) is 0 Å². The Balaban J connectivity index is 2.37. The molecule has 0 amide bonds. The standard InChI is InChI=1S/C15H22F3NO2/c1-11(2)10-21-7-6-19-9-14(20)12-4-3-5-13(8-12)15(16,17)18/h3-5,8,11,14,19-20H,6-7,9-10H2,1-2H3. The molecular weight excluding hydrogens is 283 g/mol. The van der Waals surface area contributed by atoms with Crippen LogP contribution in [-0.2, 0) is 10.9 Å². The Labute approximate surface area is 123 Å². The highest BCUT2D eigenvalue weighted by Crippen LogP contribution is 2.30. The maximum Gasteiger partial charge on any atom is 0.416 e. The van der Waals surface area contributed by atoms with E-state index in [0.29, 0.717) is 25.7 Å². The zero-order chi connectivity index (χ0) is 15.9. The molecule has 1 aromatic rings. The fourth-order valence-corrected chi connectivity index (χ4v) is 1.74. The number of aliphatic hydroxyl groups is 1. The SMILES string of the molecule is CC(C)COCCNCC(O)c1cccc(C(F)(F)F)c1. The Bertz CT molecular complexity index is 422. The van der Waals surface area contributed by atoms with Gasteiger partial charge >= 0.3 is 6.18 Å². The van der Waals surface area contributed by atoms with E-state index >= 15 is 0 Å². The van der Waals surface area contributed by atoms with E-state index in [1.54, 1.807) is 0 Å². The first kappa shape index (κ1) is 17.9. The second-order valence-corrected chi connectivity index (χ2v) is 5.31. The third-order valence-corrected chi connectivity index (χ3v) is 2.81. The second-order valence-electron chi connectivity index (χ2n) is 5.31. The molecule has 0 aliphatic carbocycles. The van der Waals surface area contributed by atoms with Crippen LogP contribution < -0.4 is 5.32 Å². The lowest BCUT2D eigenvalue weighted by atomic mass is 10.1. The maximum absolute atomic E-state index is 12.6. The summed E-state index contributed by atoms with van der Waals surface area (Å²) in [6, 6.07) is 4.75.